The minimum absolute atomic E-state index is 0.118. The van der Waals surface area contributed by atoms with E-state index in [-0.39, 0.29) is 17.4 Å². The van der Waals surface area contributed by atoms with Crippen molar-refractivity contribution in [3.63, 3.8) is 0 Å². The molecule has 0 spiro atoms. The van der Waals surface area contributed by atoms with E-state index in [9.17, 15) is 17.6 Å². The lowest BCUT2D eigenvalue weighted by Gasteiger charge is -2.30. The Balaban J connectivity index is 1.43. The number of hydrogen-bond donors (Lipinski definition) is 0. The van der Waals surface area contributed by atoms with Crippen LogP contribution in [0.2, 0.25) is 0 Å². The van der Waals surface area contributed by atoms with Crippen molar-refractivity contribution in [2.24, 2.45) is 0 Å². The van der Waals surface area contributed by atoms with Crippen molar-refractivity contribution in [2.45, 2.75) is 76.5 Å². The Morgan fingerprint density at radius 1 is 0.656 bits per heavy atom. The van der Waals surface area contributed by atoms with Crippen LogP contribution in [0.25, 0.3) is 10.8 Å². The van der Waals surface area contributed by atoms with Crippen LogP contribution >= 0.6 is 0 Å². The Bertz CT molecular complexity index is 1060. The van der Waals surface area contributed by atoms with E-state index >= 15 is 0 Å². The maximum Gasteiger partial charge on any atom is 0.159 e. The van der Waals surface area contributed by atoms with Gasteiger partial charge in [-0.25, -0.2) is 17.6 Å². The first kappa shape index (κ1) is 22.8. The van der Waals surface area contributed by atoms with Crippen LogP contribution in [0.3, 0.4) is 0 Å². The molecule has 0 heterocycles. The second-order valence-corrected chi connectivity index (χ2v) is 9.21. The van der Waals surface area contributed by atoms with Crippen LogP contribution in [0.5, 0.6) is 0 Å². The number of benzene rings is 3. The van der Waals surface area contributed by atoms with Crippen LogP contribution in [-0.2, 0) is 6.42 Å². The van der Waals surface area contributed by atoms with Gasteiger partial charge < -0.3 is 0 Å². The topological polar surface area (TPSA) is 0 Å². The lowest BCUT2D eigenvalue weighted by Crippen LogP contribution is -2.15. The van der Waals surface area contributed by atoms with Crippen molar-refractivity contribution >= 4 is 10.8 Å². The summed E-state index contributed by atoms with van der Waals surface area (Å²) in [7, 11) is 0. The first-order valence-corrected chi connectivity index (χ1v) is 11.8. The molecule has 3 aromatic rings. The van der Waals surface area contributed by atoms with Gasteiger partial charge in [0.1, 0.15) is 11.6 Å². The van der Waals surface area contributed by atoms with Crippen LogP contribution < -0.4 is 0 Å². The molecular weight excluding hydrogens is 412 g/mol. The average Bonchev–Trinajstić information content (AvgIpc) is 2.77. The van der Waals surface area contributed by atoms with Crippen molar-refractivity contribution in [1.82, 2.24) is 0 Å². The molecule has 3 aromatic carbocycles. The van der Waals surface area contributed by atoms with E-state index in [1.165, 1.54) is 24.3 Å². The third-order valence-corrected chi connectivity index (χ3v) is 6.97. The summed E-state index contributed by atoms with van der Waals surface area (Å²) < 4.78 is 56.7. The van der Waals surface area contributed by atoms with Crippen LogP contribution in [0.15, 0.2) is 42.5 Å². The molecule has 0 saturated heterocycles. The molecule has 1 aliphatic rings. The molecule has 0 N–H and O–H groups in total. The third kappa shape index (κ3) is 5.00. The maximum atomic E-state index is 14.8. The fraction of sp³-hybridized carbons (Fsp3) is 0.429. The van der Waals surface area contributed by atoms with Crippen LogP contribution in [0.1, 0.15) is 86.8 Å². The fourth-order valence-electron chi connectivity index (χ4n) is 5.16. The highest BCUT2D eigenvalue weighted by Crippen LogP contribution is 2.42. The van der Waals surface area contributed by atoms with Gasteiger partial charge in [-0.2, -0.15) is 0 Å². The molecule has 32 heavy (non-hydrogen) atoms. The number of rotatable bonds is 7. The van der Waals surface area contributed by atoms with E-state index in [0.29, 0.717) is 30.0 Å². The van der Waals surface area contributed by atoms with Gasteiger partial charge in [-0.05, 0) is 96.5 Å². The molecule has 0 bridgehead atoms. The summed E-state index contributed by atoms with van der Waals surface area (Å²) in [5, 5.41) is 1.34. The molecular formula is C28H30F4. The lowest BCUT2D eigenvalue weighted by molar-refractivity contribution is 0.376. The van der Waals surface area contributed by atoms with E-state index in [2.05, 4.69) is 6.92 Å². The average molecular weight is 443 g/mol. The highest BCUT2D eigenvalue weighted by Gasteiger charge is 2.28. The van der Waals surface area contributed by atoms with E-state index in [4.69, 9.17) is 0 Å². The van der Waals surface area contributed by atoms with Crippen LogP contribution in [0, 0.1) is 23.3 Å². The Hall–Kier alpha value is -2.36. The van der Waals surface area contributed by atoms with Crippen molar-refractivity contribution < 1.29 is 17.6 Å². The maximum absolute atomic E-state index is 14.8. The minimum Gasteiger partial charge on any atom is -0.207 e. The minimum atomic E-state index is -0.849. The largest absolute Gasteiger partial charge is 0.207 e. The third-order valence-electron chi connectivity index (χ3n) is 6.97. The van der Waals surface area contributed by atoms with E-state index in [0.717, 1.165) is 49.7 Å². The molecule has 4 heteroatoms. The molecule has 1 fully saturated rings. The normalized spacial score (nSPS) is 18.9. The van der Waals surface area contributed by atoms with Gasteiger partial charge in [-0.1, -0.05) is 44.4 Å². The molecule has 0 aliphatic heterocycles. The molecule has 170 valence electrons. The number of aryl methyl sites for hydroxylation is 1. The number of unbranched alkanes of at least 4 members (excludes halogenated alkanes) is 3. The molecule has 1 saturated carbocycles. The number of fused-ring (bicyclic) bond motifs is 1. The van der Waals surface area contributed by atoms with Crippen LogP contribution in [-0.4, -0.2) is 0 Å². The van der Waals surface area contributed by atoms with Gasteiger partial charge in [0.05, 0.1) is 0 Å². The zero-order valence-electron chi connectivity index (χ0n) is 18.6. The van der Waals surface area contributed by atoms with Crippen molar-refractivity contribution in [2.75, 3.05) is 0 Å². The van der Waals surface area contributed by atoms with Crippen molar-refractivity contribution in [1.29, 1.82) is 0 Å². The summed E-state index contributed by atoms with van der Waals surface area (Å²) in [6, 6.07) is 11.2. The van der Waals surface area contributed by atoms with Gasteiger partial charge >= 0.3 is 0 Å². The Morgan fingerprint density at radius 3 is 1.94 bits per heavy atom. The highest BCUT2D eigenvalue weighted by atomic mass is 19.2. The summed E-state index contributed by atoms with van der Waals surface area (Å²) >= 11 is 0. The van der Waals surface area contributed by atoms with E-state index in [1.54, 1.807) is 0 Å². The van der Waals surface area contributed by atoms with Gasteiger partial charge in [0.25, 0.3) is 0 Å². The SMILES string of the molecule is CCCCCCc1cc(F)c(C2CCC(c3ccc4cc(F)c(F)cc4c3)CC2)c(F)c1. The molecule has 1 aliphatic carbocycles. The smallest absolute Gasteiger partial charge is 0.159 e. The predicted octanol–water partition coefficient (Wildman–Crippen LogP) is 8.96. The van der Waals surface area contributed by atoms with Crippen LogP contribution in [0.4, 0.5) is 17.6 Å². The molecule has 0 nitrogen and oxygen atoms in total. The fourth-order valence-corrected chi connectivity index (χ4v) is 5.16. The molecule has 0 amide bonds. The zero-order valence-corrected chi connectivity index (χ0v) is 18.6. The summed E-state index contributed by atoms with van der Waals surface area (Å²) in [6.45, 7) is 2.14. The number of hydrogen-bond acceptors (Lipinski definition) is 0. The van der Waals surface area contributed by atoms with Gasteiger partial charge in [-0.15, -0.1) is 0 Å². The highest BCUT2D eigenvalue weighted by molar-refractivity contribution is 5.83. The molecule has 4 rings (SSSR count). The second kappa shape index (κ2) is 10.1. The summed E-state index contributed by atoms with van der Waals surface area (Å²) in [5.41, 5.74) is 2.05. The number of halogens is 4. The molecule has 0 unspecified atom stereocenters. The Labute approximate surface area is 187 Å². The monoisotopic (exact) mass is 442 g/mol. The quantitative estimate of drug-likeness (QED) is 0.253. The zero-order chi connectivity index (χ0) is 22.7. The molecule has 0 atom stereocenters. The first-order valence-electron chi connectivity index (χ1n) is 11.8. The van der Waals surface area contributed by atoms with Gasteiger partial charge in [0.2, 0.25) is 0 Å². The van der Waals surface area contributed by atoms with E-state index < -0.39 is 23.3 Å². The van der Waals surface area contributed by atoms with Crippen molar-refractivity contribution in [3.05, 3.63) is 82.4 Å². The summed E-state index contributed by atoms with van der Waals surface area (Å²) in [5.74, 6) is -2.38. The Kier molecular flexibility index (Phi) is 7.17. The van der Waals surface area contributed by atoms with E-state index in [1.807, 2.05) is 18.2 Å². The molecule has 0 radical (unpaired) electrons. The van der Waals surface area contributed by atoms with Gasteiger partial charge in [0, 0.05) is 5.56 Å². The second-order valence-electron chi connectivity index (χ2n) is 9.21. The Morgan fingerprint density at radius 2 is 1.28 bits per heavy atom. The van der Waals surface area contributed by atoms with Gasteiger partial charge in [0.15, 0.2) is 11.6 Å². The predicted molar refractivity (Wildman–Crippen MR) is 122 cm³/mol. The van der Waals surface area contributed by atoms with Crippen molar-refractivity contribution in [3.8, 4) is 0 Å². The lowest BCUT2D eigenvalue weighted by atomic mass is 9.75. The summed E-state index contributed by atoms with van der Waals surface area (Å²) in [6.07, 6.45) is 8.10. The molecule has 0 aromatic heterocycles. The summed E-state index contributed by atoms with van der Waals surface area (Å²) in [4.78, 5) is 0. The first-order chi connectivity index (χ1) is 15.5. The van der Waals surface area contributed by atoms with Gasteiger partial charge in [-0.3, -0.25) is 0 Å². The standard InChI is InChI=1S/C28H30F4/c1-2-3-4-5-6-18-13-26(31)28(27(32)14-18)20-9-7-19(8-10-20)21-11-12-22-16-24(29)25(30)17-23(22)15-21/h11-17,19-20H,2-10H2,1H3.